The number of para-hydroxylation sites is 1. The molecule has 0 spiro atoms. The Morgan fingerprint density at radius 2 is 1.95 bits per heavy atom. The number of furan rings is 1. The van der Waals surface area contributed by atoms with Crippen LogP contribution < -0.4 is 0 Å². The average molecular weight is 266 g/mol. The molecule has 0 bridgehead atoms. The summed E-state index contributed by atoms with van der Waals surface area (Å²) in [6.45, 7) is 3.62. The molecule has 0 aliphatic rings. The maximum absolute atomic E-state index is 12.4. The van der Waals surface area contributed by atoms with Gasteiger partial charge in [0, 0.05) is 6.20 Å². The van der Waals surface area contributed by atoms with E-state index in [1.54, 1.807) is 30.1 Å². The van der Waals surface area contributed by atoms with Crippen LogP contribution in [0.1, 0.15) is 27.4 Å². The number of ketones is 1. The quantitative estimate of drug-likeness (QED) is 0.683. The second-order valence-corrected chi connectivity index (χ2v) is 4.67. The molecular formula is C16H14N2O2. The van der Waals surface area contributed by atoms with Crippen LogP contribution in [-0.4, -0.2) is 15.6 Å². The fourth-order valence-electron chi connectivity index (χ4n) is 2.17. The van der Waals surface area contributed by atoms with Crippen molar-refractivity contribution in [1.29, 1.82) is 0 Å². The van der Waals surface area contributed by atoms with Crippen molar-refractivity contribution in [2.24, 2.45) is 0 Å². The molecule has 0 saturated carbocycles. The Labute approximate surface area is 116 Å². The zero-order chi connectivity index (χ0) is 14.1. The predicted molar refractivity (Wildman–Crippen MR) is 75.2 cm³/mol. The van der Waals surface area contributed by atoms with E-state index in [0.29, 0.717) is 16.9 Å². The molecule has 2 heterocycles. The molecule has 3 rings (SSSR count). The Hall–Kier alpha value is -2.62. The number of nitrogens with zero attached hydrogens (tertiary/aromatic N) is 2. The Morgan fingerprint density at radius 1 is 1.20 bits per heavy atom. The van der Waals surface area contributed by atoms with E-state index < -0.39 is 0 Å². The number of benzene rings is 1. The van der Waals surface area contributed by atoms with Gasteiger partial charge in [0.2, 0.25) is 0 Å². The van der Waals surface area contributed by atoms with Crippen molar-refractivity contribution < 1.29 is 9.21 Å². The lowest BCUT2D eigenvalue weighted by molar-refractivity contribution is 0.103. The Bertz CT molecular complexity index is 754. The van der Waals surface area contributed by atoms with Crippen LogP contribution in [0.2, 0.25) is 0 Å². The van der Waals surface area contributed by atoms with E-state index in [4.69, 9.17) is 4.42 Å². The largest absolute Gasteiger partial charge is 0.466 e. The first-order chi connectivity index (χ1) is 9.65. The molecule has 4 nitrogen and oxygen atoms in total. The van der Waals surface area contributed by atoms with E-state index in [-0.39, 0.29) is 5.78 Å². The molecular weight excluding hydrogens is 252 g/mol. The number of hydrogen-bond acceptors (Lipinski definition) is 3. The van der Waals surface area contributed by atoms with E-state index >= 15 is 0 Å². The lowest BCUT2D eigenvalue weighted by Gasteiger charge is -1.99. The number of carbonyl (C=O) groups excluding carboxylic acids is 1. The van der Waals surface area contributed by atoms with Crippen molar-refractivity contribution in [2.75, 3.05) is 0 Å². The summed E-state index contributed by atoms with van der Waals surface area (Å²) in [5, 5.41) is 4.23. The smallest absolute Gasteiger partial charge is 0.199 e. The molecule has 3 aromatic rings. The summed E-state index contributed by atoms with van der Waals surface area (Å²) in [5.41, 5.74) is 2.07. The standard InChI is InChI=1S/C16H14N2O2/c1-11-8-15(12(2)20-11)16(19)13-9-17-18(10-13)14-6-4-3-5-7-14/h3-10H,1-2H3. The summed E-state index contributed by atoms with van der Waals surface area (Å²) in [6, 6.07) is 11.4. The van der Waals surface area contributed by atoms with Crippen molar-refractivity contribution in [3.8, 4) is 5.69 Å². The van der Waals surface area contributed by atoms with E-state index in [0.717, 1.165) is 11.4 Å². The van der Waals surface area contributed by atoms with Crippen LogP contribution >= 0.6 is 0 Å². The van der Waals surface area contributed by atoms with Crippen LogP contribution in [0, 0.1) is 13.8 Å². The first kappa shape index (κ1) is 12.4. The van der Waals surface area contributed by atoms with Crippen LogP contribution in [0.15, 0.2) is 53.2 Å². The molecule has 0 radical (unpaired) electrons. The zero-order valence-corrected chi connectivity index (χ0v) is 11.3. The predicted octanol–water partition coefficient (Wildman–Crippen LogP) is 3.31. The van der Waals surface area contributed by atoms with Gasteiger partial charge in [-0.25, -0.2) is 4.68 Å². The molecule has 0 aliphatic carbocycles. The number of hydrogen-bond donors (Lipinski definition) is 0. The number of aryl methyl sites for hydroxylation is 2. The second kappa shape index (κ2) is 4.81. The first-order valence-electron chi connectivity index (χ1n) is 6.37. The summed E-state index contributed by atoms with van der Waals surface area (Å²) < 4.78 is 7.09. The topological polar surface area (TPSA) is 48.0 Å². The molecule has 2 aromatic heterocycles. The fourth-order valence-corrected chi connectivity index (χ4v) is 2.17. The summed E-state index contributed by atoms with van der Waals surface area (Å²) in [7, 11) is 0. The van der Waals surface area contributed by atoms with Crippen LogP contribution in [0.3, 0.4) is 0 Å². The van der Waals surface area contributed by atoms with Crippen LogP contribution in [0.5, 0.6) is 0 Å². The molecule has 0 amide bonds. The van der Waals surface area contributed by atoms with Crippen molar-refractivity contribution in [1.82, 2.24) is 9.78 Å². The molecule has 0 atom stereocenters. The van der Waals surface area contributed by atoms with Crippen molar-refractivity contribution in [2.45, 2.75) is 13.8 Å². The third-order valence-corrected chi connectivity index (χ3v) is 3.15. The zero-order valence-electron chi connectivity index (χ0n) is 11.3. The van der Waals surface area contributed by atoms with Gasteiger partial charge in [0.05, 0.1) is 23.0 Å². The molecule has 0 aliphatic heterocycles. The molecule has 1 aromatic carbocycles. The highest BCUT2D eigenvalue weighted by molar-refractivity contribution is 6.09. The Morgan fingerprint density at radius 3 is 2.60 bits per heavy atom. The van der Waals surface area contributed by atoms with Gasteiger partial charge in [-0.2, -0.15) is 5.10 Å². The van der Waals surface area contributed by atoms with Gasteiger partial charge in [0.15, 0.2) is 5.78 Å². The fraction of sp³-hybridized carbons (Fsp3) is 0.125. The second-order valence-electron chi connectivity index (χ2n) is 4.67. The SMILES string of the molecule is Cc1cc(C(=O)c2cnn(-c3ccccc3)c2)c(C)o1. The van der Waals surface area contributed by atoms with Crippen molar-refractivity contribution in [3.63, 3.8) is 0 Å². The molecule has 0 N–H and O–H groups in total. The van der Waals surface area contributed by atoms with Gasteiger partial charge in [-0.05, 0) is 32.0 Å². The normalized spacial score (nSPS) is 10.7. The lowest BCUT2D eigenvalue weighted by Crippen LogP contribution is -2.00. The summed E-state index contributed by atoms with van der Waals surface area (Å²) in [4.78, 5) is 12.4. The minimum atomic E-state index is -0.0680. The minimum Gasteiger partial charge on any atom is -0.466 e. The minimum absolute atomic E-state index is 0.0680. The van der Waals surface area contributed by atoms with Gasteiger partial charge in [0.1, 0.15) is 11.5 Å². The van der Waals surface area contributed by atoms with Gasteiger partial charge in [-0.3, -0.25) is 4.79 Å². The maximum Gasteiger partial charge on any atom is 0.199 e. The number of carbonyl (C=O) groups is 1. The van der Waals surface area contributed by atoms with E-state index in [1.807, 2.05) is 37.3 Å². The molecule has 100 valence electrons. The third-order valence-electron chi connectivity index (χ3n) is 3.15. The molecule has 20 heavy (non-hydrogen) atoms. The highest BCUT2D eigenvalue weighted by atomic mass is 16.3. The lowest BCUT2D eigenvalue weighted by atomic mass is 10.1. The van der Waals surface area contributed by atoms with Gasteiger partial charge in [-0.1, -0.05) is 18.2 Å². The van der Waals surface area contributed by atoms with Crippen LogP contribution in [0.25, 0.3) is 5.69 Å². The van der Waals surface area contributed by atoms with Gasteiger partial charge < -0.3 is 4.42 Å². The first-order valence-corrected chi connectivity index (χ1v) is 6.37. The van der Waals surface area contributed by atoms with E-state index in [9.17, 15) is 4.79 Å². The molecule has 0 fully saturated rings. The molecule has 0 saturated heterocycles. The molecule has 0 unspecified atom stereocenters. The van der Waals surface area contributed by atoms with Crippen LogP contribution in [-0.2, 0) is 0 Å². The maximum atomic E-state index is 12.4. The summed E-state index contributed by atoms with van der Waals surface area (Å²) in [6.07, 6.45) is 3.32. The van der Waals surface area contributed by atoms with E-state index in [2.05, 4.69) is 5.10 Å². The number of aromatic nitrogens is 2. The summed E-state index contributed by atoms with van der Waals surface area (Å²) in [5.74, 6) is 1.31. The average Bonchev–Trinajstić information content (AvgIpc) is 3.06. The highest BCUT2D eigenvalue weighted by Crippen LogP contribution is 2.18. The van der Waals surface area contributed by atoms with Gasteiger partial charge in [0.25, 0.3) is 0 Å². The van der Waals surface area contributed by atoms with Gasteiger partial charge >= 0.3 is 0 Å². The molecule has 4 heteroatoms. The highest BCUT2D eigenvalue weighted by Gasteiger charge is 2.17. The Kier molecular flexibility index (Phi) is 2.99. The number of rotatable bonds is 3. The van der Waals surface area contributed by atoms with Gasteiger partial charge in [-0.15, -0.1) is 0 Å². The summed E-state index contributed by atoms with van der Waals surface area (Å²) >= 11 is 0. The van der Waals surface area contributed by atoms with Crippen molar-refractivity contribution >= 4 is 5.78 Å². The third kappa shape index (κ3) is 2.16. The van der Waals surface area contributed by atoms with Crippen molar-refractivity contribution in [3.05, 3.63) is 71.4 Å². The Balaban J connectivity index is 1.95. The monoisotopic (exact) mass is 266 g/mol. The van der Waals surface area contributed by atoms with E-state index in [1.165, 1.54) is 0 Å². The van der Waals surface area contributed by atoms with Crippen LogP contribution in [0.4, 0.5) is 0 Å².